The Bertz CT molecular complexity index is 628. The van der Waals surface area contributed by atoms with Gasteiger partial charge in [-0.2, -0.15) is 0 Å². The molecule has 1 atom stereocenters. The van der Waals surface area contributed by atoms with Crippen molar-refractivity contribution in [1.29, 1.82) is 0 Å². The molecule has 0 N–H and O–H groups in total. The minimum Gasteiger partial charge on any atom is -0.332 e. The van der Waals surface area contributed by atoms with Crippen LogP contribution < -0.4 is 0 Å². The molecule has 0 spiro atoms. The molecule has 20 heavy (non-hydrogen) atoms. The smallest absolute Gasteiger partial charge is 0.265 e. The third kappa shape index (κ3) is 2.38. The standard InChI is InChI=1S/C13H15ClF2N4/c1-19-4-2-9(13(15,16)7-19)6-20-5-3-10-11(14)17-8-18-12(10)20/h3,5,8-9H,2,4,6-7H2,1H3. The zero-order valence-electron chi connectivity index (χ0n) is 11.1. The van der Waals surface area contributed by atoms with Crippen LogP contribution in [-0.2, 0) is 6.54 Å². The maximum atomic E-state index is 14.1. The number of likely N-dealkylation sites (tertiary alicyclic amines) is 1. The van der Waals surface area contributed by atoms with Crippen LogP contribution in [0.5, 0.6) is 0 Å². The first-order valence-corrected chi connectivity index (χ1v) is 6.87. The Morgan fingerprint density at radius 1 is 1.45 bits per heavy atom. The normalized spacial score (nSPS) is 23.3. The molecule has 108 valence electrons. The van der Waals surface area contributed by atoms with Gasteiger partial charge in [-0.1, -0.05) is 11.6 Å². The summed E-state index contributed by atoms with van der Waals surface area (Å²) < 4.78 is 29.9. The fourth-order valence-corrected chi connectivity index (χ4v) is 2.93. The minimum atomic E-state index is -2.68. The van der Waals surface area contributed by atoms with Gasteiger partial charge in [0.15, 0.2) is 0 Å². The van der Waals surface area contributed by atoms with Crippen molar-refractivity contribution in [3.63, 3.8) is 0 Å². The van der Waals surface area contributed by atoms with E-state index in [0.717, 1.165) is 0 Å². The summed E-state index contributed by atoms with van der Waals surface area (Å²) in [5, 5.41) is 1.05. The van der Waals surface area contributed by atoms with Crippen LogP contribution in [0.4, 0.5) is 8.78 Å². The highest BCUT2D eigenvalue weighted by Crippen LogP contribution is 2.34. The number of alkyl halides is 2. The molecule has 1 aliphatic heterocycles. The van der Waals surface area contributed by atoms with E-state index in [-0.39, 0.29) is 13.1 Å². The quantitative estimate of drug-likeness (QED) is 0.800. The van der Waals surface area contributed by atoms with Crippen LogP contribution in [0.15, 0.2) is 18.6 Å². The molecule has 7 heteroatoms. The molecule has 0 radical (unpaired) electrons. The van der Waals surface area contributed by atoms with E-state index >= 15 is 0 Å². The van der Waals surface area contributed by atoms with E-state index in [1.54, 1.807) is 28.8 Å². The highest BCUT2D eigenvalue weighted by molar-refractivity contribution is 6.33. The summed E-state index contributed by atoms with van der Waals surface area (Å²) in [4.78, 5) is 9.70. The minimum absolute atomic E-state index is 0.188. The summed E-state index contributed by atoms with van der Waals surface area (Å²) in [5.74, 6) is -3.36. The zero-order chi connectivity index (χ0) is 14.3. The Hall–Kier alpha value is -1.27. The van der Waals surface area contributed by atoms with Crippen molar-refractivity contribution in [2.45, 2.75) is 18.9 Å². The van der Waals surface area contributed by atoms with Gasteiger partial charge in [-0.05, 0) is 26.1 Å². The Kier molecular flexibility index (Phi) is 3.38. The van der Waals surface area contributed by atoms with Crippen LogP contribution in [-0.4, -0.2) is 45.5 Å². The topological polar surface area (TPSA) is 34.0 Å². The molecule has 0 bridgehead atoms. The number of fused-ring (bicyclic) bond motifs is 1. The monoisotopic (exact) mass is 300 g/mol. The van der Waals surface area contributed by atoms with Gasteiger partial charge < -0.3 is 9.47 Å². The SMILES string of the molecule is CN1CCC(Cn2ccc3c(Cl)ncnc32)C(F)(F)C1. The average Bonchev–Trinajstić information content (AvgIpc) is 2.77. The second-order valence-corrected chi connectivity index (χ2v) is 5.71. The van der Waals surface area contributed by atoms with Crippen molar-refractivity contribution < 1.29 is 8.78 Å². The lowest BCUT2D eigenvalue weighted by atomic mass is 9.93. The summed E-state index contributed by atoms with van der Waals surface area (Å²) >= 11 is 5.97. The summed E-state index contributed by atoms with van der Waals surface area (Å²) in [6.45, 7) is 0.749. The van der Waals surface area contributed by atoms with Crippen molar-refractivity contribution in [2.75, 3.05) is 20.1 Å². The predicted molar refractivity (Wildman–Crippen MR) is 73.1 cm³/mol. The molecular weight excluding hydrogens is 286 g/mol. The van der Waals surface area contributed by atoms with Crippen LogP contribution >= 0.6 is 11.6 Å². The van der Waals surface area contributed by atoms with Crippen LogP contribution in [0.1, 0.15) is 6.42 Å². The largest absolute Gasteiger partial charge is 0.332 e. The van der Waals surface area contributed by atoms with Crippen molar-refractivity contribution in [3.05, 3.63) is 23.7 Å². The molecule has 0 aliphatic carbocycles. The Labute approximate surface area is 120 Å². The highest BCUT2D eigenvalue weighted by atomic mass is 35.5. The van der Waals surface area contributed by atoms with Crippen LogP contribution in [0, 0.1) is 5.92 Å². The fraction of sp³-hybridized carbons (Fsp3) is 0.538. The maximum Gasteiger partial charge on any atom is 0.265 e. The molecule has 1 unspecified atom stereocenters. The summed E-state index contributed by atoms with van der Waals surface area (Å²) in [6.07, 6.45) is 3.58. The van der Waals surface area contributed by atoms with E-state index in [1.165, 1.54) is 6.33 Å². The van der Waals surface area contributed by atoms with Crippen LogP contribution in [0.25, 0.3) is 11.0 Å². The van der Waals surface area contributed by atoms with E-state index in [2.05, 4.69) is 9.97 Å². The summed E-state index contributed by atoms with van der Waals surface area (Å²) in [7, 11) is 1.72. The average molecular weight is 301 g/mol. The van der Waals surface area contributed by atoms with Gasteiger partial charge in [0.2, 0.25) is 0 Å². The van der Waals surface area contributed by atoms with Crippen LogP contribution in [0.2, 0.25) is 5.15 Å². The molecule has 3 rings (SSSR count). The van der Waals surface area contributed by atoms with Crippen molar-refractivity contribution in [3.8, 4) is 0 Å². The number of rotatable bonds is 2. The van der Waals surface area contributed by atoms with Crippen LogP contribution in [0.3, 0.4) is 0 Å². The van der Waals surface area contributed by atoms with Gasteiger partial charge in [-0.25, -0.2) is 18.7 Å². The molecule has 3 heterocycles. The first-order chi connectivity index (χ1) is 9.47. The van der Waals surface area contributed by atoms with Crippen molar-refractivity contribution in [2.24, 2.45) is 5.92 Å². The molecule has 4 nitrogen and oxygen atoms in total. The van der Waals surface area contributed by atoms with E-state index < -0.39 is 11.8 Å². The number of nitrogens with zero attached hydrogens (tertiary/aromatic N) is 4. The molecule has 2 aromatic heterocycles. The molecule has 1 aliphatic rings. The first kappa shape index (κ1) is 13.7. The number of hydrogen-bond donors (Lipinski definition) is 0. The molecule has 1 fully saturated rings. The third-order valence-electron chi connectivity index (χ3n) is 3.86. The van der Waals surface area contributed by atoms with Gasteiger partial charge in [-0.3, -0.25) is 0 Å². The zero-order valence-corrected chi connectivity index (χ0v) is 11.8. The number of halogens is 3. The number of piperidine rings is 1. The molecule has 0 amide bonds. The molecule has 1 saturated heterocycles. The first-order valence-electron chi connectivity index (χ1n) is 6.49. The summed E-state index contributed by atoms with van der Waals surface area (Å²) in [5.41, 5.74) is 0.611. The van der Waals surface area contributed by atoms with Gasteiger partial charge in [0.1, 0.15) is 17.1 Å². The van der Waals surface area contributed by atoms with E-state index in [9.17, 15) is 8.78 Å². The van der Waals surface area contributed by atoms with E-state index in [4.69, 9.17) is 11.6 Å². The molecule has 0 aromatic carbocycles. The second kappa shape index (κ2) is 4.93. The molecule has 0 saturated carbocycles. The van der Waals surface area contributed by atoms with E-state index in [1.807, 2.05) is 0 Å². The van der Waals surface area contributed by atoms with Gasteiger partial charge in [0.05, 0.1) is 11.9 Å². The van der Waals surface area contributed by atoms with Crippen molar-refractivity contribution >= 4 is 22.6 Å². The lowest BCUT2D eigenvalue weighted by Gasteiger charge is -2.36. The second-order valence-electron chi connectivity index (χ2n) is 5.35. The lowest BCUT2D eigenvalue weighted by Crippen LogP contribution is -2.48. The number of hydrogen-bond acceptors (Lipinski definition) is 3. The van der Waals surface area contributed by atoms with Gasteiger partial charge >= 0.3 is 0 Å². The lowest BCUT2D eigenvalue weighted by molar-refractivity contribution is -0.110. The predicted octanol–water partition coefficient (Wildman–Crippen LogP) is 2.67. The highest BCUT2D eigenvalue weighted by Gasteiger charge is 2.43. The maximum absolute atomic E-state index is 14.1. The fourth-order valence-electron chi connectivity index (χ4n) is 2.74. The Balaban J connectivity index is 1.88. The Morgan fingerprint density at radius 2 is 2.25 bits per heavy atom. The Morgan fingerprint density at radius 3 is 3.00 bits per heavy atom. The van der Waals surface area contributed by atoms with E-state index in [0.29, 0.717) is 29.2 Å². The number of aromatic nitrogens is 3. The van der Waals surface area contributed by atoms with Gasteiger partial charge in [0, 0.05) is 18.7 Å². The third-order valence-corrected chi connectivity index (χ3v) is 4.16. The van der Waals surface area contributed by atoms with Crippen molar-refractivity contribution in [1.82, 2.24) is 19.4 Å². The van der Waals surface area contributed by atoms with Gasteiger partial charge in [0.25, 0.3) is 5.92 Å². The summed E-state index contributed by atoms with van der Waals surface area (Å²) in [6, 6.07) is 1.77. The molecular formula is C13H15ClF2N4. The molecule has 2 aromatic rings. The van der Waals surface area contributed by atoms with Gasteiger partial charge in [-0.15, -0.1) is 0 Å².